The number of hydrogen-bond donors (Lipinski definition) is 2. The lowest BCUT2D eigenvalue weighted by atomic mass is 10.0. The highest BCUT2D eigenvalue weighted by Crippen LogP contribution is 2.28. The number of nitrogens with one attached hydrogen (secondary N) is 2. The first kappa shape index (κ1) is 19.0. The van der Waals surface area contributed by atoms with Crippen molar-refractivity contribution < 1.29 is 9.53 Å². The van der Waals surface area contributed by atoms with E-state index in [0.29, 0.717) is 23.7 Å². The van der Waals surface area contributed by atoms with Gasteiger partial charge in [0.05, 0.1) is 6.61 Å². The summed E-state index contributed by atoms with van der Waals surface area (Å²) >= 11 is 0. The van der Waals surface area contributed by atoms with Crippen LogP contribution in [0.25, 0.3) is 0 Å². The first-order chi connectivity index (χ1) is 10.6. The molecule has 0 saturated heterocycles. The quantitative estimate of drug-likeness (QED) is 0.776. The number of rotatable bonds is 6. The highest BCUT2D eigenvalue weighted by Gasteiger charge is 2.20. The van der Waals surface area contributed by atoms with Crippen molar-refractivity contribution in [1.82, 2.24) is 10.2 Å². The van der Waals surface area contributed by atoms with Gasteiger partial charge in [-0.15, -0.1) is 12.4 Å². The number of aromatic nitrogens is 2. The summed E-state index contributed by atoms with van der Waals surface area (Å²) in [5, 5.41) is 10.4. The molecule has 0 saturated carbocycles. The second-order valence-corrected chi connectivity index (χ2v) is 5.08. The van der Waals surface area contributed by atoms with Crippen LogP contribution in [0, 0.1) is 6.92 Å². The van der Waals surface area contributed by atoms with Crippen LogP contribution in [-0.2, 0) is 17.6 Å². The molecule has 0 bridgehead atoms. The van der Waals surface area contributed by atoms with Gasteiger partial charge in [0.25, 0.3) is 0 Å². The molecule has 0 aliphatic heterocycles. The Hall–Kier alpha value is -2.01. The molecule has 2 aromatic rings. The average molecular weight is 338 g/mol. The summed E-state index contributed by atoms with van der Waals surface area (Å²) < 4.78 is 5.12. The number of anilines is 2. The van der Waals surface area contributed by atoms with Crippen molar-refractivity contribution in [2.75, 3.05) is 11.9 Å². The highest BCUT2D eigenvalue weighted by atomic mass is 35.5. The van der Waals surface area contributed by atoms with Gasteiger partial charge in [-0.05, 0) is 37.8 Å². The Bertz CT molecular complexity index is 646. The summed E-state index contributed by atoms with van der Waals surface area (Å²) in [4.78, 5) is 12.1. The first-order valence-electron chi connectivity index (χ1n) is 7.72. The summed E-state index contributed by atoms with van der Waals surface area (Å²) in [7, 11) is 0. The zero-order valence-corrected chi connectivity index (χ0v) is 14.8. The van der Waals surface area contributed by atoms with Crippen LogP contribution in [0.5, 0.6) is 0 Å². The number of H-pyrrole nitrogens is 1. The number of halogens is 1. The highest BCUT2D eigenvalue weighted by molar-refractivity contribution is 5.97. The number of aromatic amines is 1. The predicted octanol–water partition coefficient (Wildman–Crippen LogP) is 4.19. The Labute approximate surface area is 143 Å². The van der Waals surface area contributed by atoms with Gasteiger partial charge in [-0.2, -0.15) is 5.10 Å². The van der Waals surface area contributed by atoms with E-state index in [0.717, 1.165) is 18.5 Å². The molecule has 126 valence electrons. The molecule has 0 radical (unpaired) electrons. The lowest BCUT2D eigenvalue weighted by Gasteiger charge is -2.14. The molecule has 0 amide bonds. The topological polar surface area (TPSA) is 67.0 Å². The Morgan fingerprint density at radius 1 is 1.22 bits per heavy atom. The number of nitrogens with zero attached hydrogens (tertiary/aromatic N) is 1. The van der Waals surface area contributed by atoms with Crippen LogP contribution in [0.3, 0.4) is 0 Å². The summed E-state index contributed by atoms with van der Waals surface area (Å²) in [5.74, 6) is 0.162. The van der Waals surface area contributed by atoms with Crippen LogP contribution in [0.4, 0.5) is 11.5 Å². The second-order valence-electron chi connectivity index (χ2n) is 5.08. The molecule has 0 aliphatic carbocycles. The van der Waals surface area contributed by atoms with E-state index >= 15 is 0 Å². The van der Waals surface area contributed by atoms with Gasteiger partial charge in [0.2, 0.25) is 0 Å². The van der Waals surface area contributed by atoms with Crippen LogP contribution in [-0.4, -0.2) is 22.8 Å². The van der Waals surface area contributed by atoms with Gasteiger partial charge in [0.15, 0.2) is 5.82 Å². The number of para-hydroxylation sites is 1. The van der Waals surface area contributed by atoms with Crippen molar-refractivity contribution in [3.8, 4) is 0 Å². The molecule has 1 heterocycles. The Morgan fingerprint density at radius 2 is 1.83 bits per heavy atom. The number of ether oxygens (including phenoxy) is 1. The van der Waals surface area contributed by atoms with Crippen LogP contribution < -0.4 is 5.32 Å². The number of carbonyl (C=O) groups excluding carboxylic acids is 1. The maximum atomic E-state index is 12.1. The van der Waals surface area contributed by atoms with Gasteiger partial charge >= 0.3 is 5.97 Å². The fourth-order valence-corrected chi connectivity index (χ4v) is 2.49. The van der Waals surface area contributed by atoms with Crippen LogP contribution in [0.15, 0.2) is 18.2 Å². The Morgan fingerprint density at radius 3 is 2.35 bits per heavy atom. The minimum Gasteiger partial charge on any atom is -0.462 e. The maximum Gasteiger partial charge on any atom is 0.343 e. The fourth-order valence-electron chi connectivity index (χ4n) is 2.49. The minimum atomic E-state index is -0.358. The van der Waals surface area contributed by atoms with Gasteiger partial charge in [-0.25, -0.2) is 4.79 Å². The lowest BCUT2D eigenvalue weighted by molar-refractivity contribution is 0.0527. The van der Waals surface area contributed by atoms with Crippen molar-refractivity contribution in [3.63, 3.8) is 0 Å². The molecular formula is C17H24ClN3O2. The van der Waals surface area contributed by atoms with Crippen molar-refractivity contribution in [1.29, 1.82) is 0 Å². The van der Waals surface area contributed by atoms with E-state index in [1.165, 1.54) is 11.1 Å². The normalized spacial score (nSPS) is 10.1. The van der Waals surface area contributed by atoms with Crippen molar-refractivity contribution >= 4 is 29.9 Å². The number of hydrogen-bond acceptors (Lipinski definition) is 4. The van der Waals surface area contributed by atoms with E-state index in [1.54, 1.807) is 6.92 Å². The van der Waals surface area contributed by atoms with Gasteiger partial charge in [0.1, 0.15) is 5.56 Å². The van der Waals surface area contributed by atoms with E-state index in [1.807, 2.05) is 6.92 Å². The SMILES string of the molecule is CCOC(=O)c1c(Nc2c(CC)cccc2CC)n[nH]c1C.Cl. The summed E-state index contributed by atoms with van der Waals surface area (Å²) in [6, 6.07) is 6.24. The van der Waals surface area contributed by atoms with Crippen LogP contribution in [0.1, 0.15) is 48.0 Å². The molecule has 0 fully saturated rings. The first-order valence-corrected chi connectivity index (χ1v) is 7.72. The molecule has 23 heavy (non-hydrogen) atoms. The molecule has 5 nitrogen and oxygen atoms in total. The minimum absolute atomic E-state index is 0. The fraction of sp³-hybridized carbons (Fsp3) is 0.412. The third-order valence-electron chi connectivity index (χ3n) is 3.67. The largest absolute Gasteiger partial charge is 0.462 e. The van der Waals surface area contributed by atoms with Gasteiger partial charge in [0, 0.05) is 11.4 Å². The van der Waals surface area contributed by atoms with Crippen molar-refractivity contribution in [2.45, 2.75) is 40.5 Å². The van der Waals surface area contributed by atoms with Gasteiger partial charge in [-0.1, -0.05) is 32.0 Å². The molecule has 2 N–H and O–H groups in total. The van der Waals surface area contributed by atoms with E-state index in [4.69, 9.17) is 4.74 Å². The monoisotopic (exact) mass is 337 g/mol. The smallest absolute Gasteiger partial charge is 0.343 e. The average Bonchev–Trinajstić information content (AvgIpc) is 2.88. The third-order valence-corrected chi connectivity index (χ3v) is 3.67. The summed E-state index contributed by atoms with van der Waals surface area (Å²) in [5.41, 5.74) is 4.61. The van der Waals surface area contributed by atoms with Crippen molar-refractivity contribution in [3.05, 3.63) is 40.6 Å². The summed E-state index contributed by atoms with van der Waals surface area (Å²) in [6.45, 7) is 8.18. The zero-order chi connectivity index (χ0) is 16.1. The van der Waals surface area contributed by atoms with Crippen LogP contribution in [0.2, 0.25) is 0 Å². The number of aryl methyl sites for hydroxylation is 3. The molecule has 0 spiro atoms. The van der Waals surface area contributed by atoms with E-state index in [9.17, 15) is 4.79 Å². The van der Waals surface area contributed by atoms with E-state index < -0.39 is 0 Å². The molecule has 0 atom stereocenters. The summed E-state index contributed by atoms with van der Waals surface area (Å²) in [6.07, 6.45) is 1.82. The molecule has 0 aliphatic rings. The van der Waals surface area contributed by atoms with E-state index in [-0.39, 0.29) is 18.4 Å². The van der Waals surface area contributed by atoms with E-state index in [2.05, 4.69) is 47.6 Å². The lowest BCUT2D eigenvalue weighted by Crippen LogP contribution is -2.09. The molecule has 1 aromatic heterocycles. The zero-order valence-electron chi connectivity index (χ0n) is 14.0. The second kappa shape index (κ2) is 8.58. The standard InChI is InChI=1S/C17H23N3O2.ClH/c1-5-12-9-8-10-13(6-2)15(12)18-16-14(11(4)19-20-16)17(21)22-7-3;/h8-10H,5-7H2,1-4H3,(H2,18,19,20);1H. The Kier molecular flexibility index (Phi) is 7.10. The van der Waals surface area contributed by atoms with Crippen molar-refractivity contribution in [2.24, 2.45) is 0 Å². The molecule has 1 aromatic carbocycles. The molecule has 0 unspecified atom stereocenters. The molecule has 2 rings (SSSR count). The number of esters is 1. The third kappa shape index (κ3) is 4.05. The van der Waals surface area contributed by atoms with Gasteiger partial charge < -0.3 is 10.1 Å². The molecule has 6 heteroatoms. The molecular weight excluding hydrogens is 314 g/mol. The van der Waals surface area contributed by atoms with Gasteiger partial charge in [-0.3, -0.25) is 5.10 Å². The van der Waals surface area contributed by atoms with Crippen LogP contribution >= 0.6 is 12.4 Å². The number of carbonyl (C=O) groups is 1. The number of benzene rings is 1. The predicted molar refractivity (Wildman–Crippen MR) is 95.0 cm³/mol. The maximum absolute atomic E-state index is 12.1. The Balaban J connectivity index is 0.00000264.